The van der Waals surface area contributed by atoms with Crippen LogP contribution in [0.3, 0.4) is 0 Å². The van der Waals surface area contributed by atoms with Crippen molar-refractivity contribution in [1.29, 1.82) is 0 Å². The highest BCUT2D eigenvalue weighted by Gasteiger charge is 2.28. The molecule has 0 aliphatic heterocycles. The molecule has 0 bridgehead atoms. The van der Waals surface area contributed by atoms with Crippen molar-refractivity contribution in [1.82, 2.24) is 15.1 Å². The van der Waals surface area contributed by atoms with Crippen molar-refractivity contribution < 1.29 is 9.53 Å². The van der Waals surface area contributed by atoms with E-state index < -0.39 is 0 Å². The minimum atomic E-state index is -0.0299. The molecule has 2 rings (SSSR count). The molecule has 2 atom stereocenters. The molecule has 1 aromatic heterocycles. The van der Waals surface area contributed by atoms with Crippen LogP contribution in [-0.2, 0) is 23.1 Å². The summed E-state index contributed by atoms with van der Waals surface area (Å²) in [6.45, 7) is 7.31. The molecule has 118 valence electrons. The number of ether oxygens (including phenoxy) is 1. The van der Waals surface area contributed by atoms with Gasteiger partial charge < -0.3 is 10.1 Å². The highest BCUT2D eigenvalue weighted by atomic mass is 16.5. The predicted molar refractivity (Wildman–Crippen MR) is 81.9 cm³/mol. The van der Waals surface area contributed by atoms with Gasteiger partial charge in [-0.05, 0) is 40.0 Å². The Morgan fingerprint density at radius 1 is 1.43 bits per heavy atom. The monoisotopic (exact) mass is 293 g/mol. The van der Waals surface area contributed by atoms with Crippen LogP contribution in [0.2, 0.25) is 0 Å². The molecule has 1 saturated carbocycles. The van der Waals surface area contributed by atoms with Crippen LogP contribution in [0.1, 0.15) is 49.6 Å². The largest absolute Gasteiger partial charge is 0.466 e. The topological polar surface area (TPSA) is 56.1 Å². The van der Waals surface area contributed by atoms with Gasteiger partial charge in [0.25, 0.3) is 0 Å². The second kappa shape index (κ2) is 7.07. The molecule has 5 nitrogen and oxygen atoms in total. The van der Waals surface area contributed by atoms with Crippen molar-refractivity contribution >= 4 is 5.97 Å². The smallest absolute Gasteiger partial charge is 0.308 e. The van der Waals surface area contributed by atoms with Crippen LogP contribution >= 0.6 is 0 Å². The zero-order valence-electron chi connectivity index (χ0n) is 13.6. The average Bonchev–Trinajstić information content (AvgIpc) is 2.71. The average molecular weight is 293 g/mol. The van der Waals surface area contributed by atoms with Gasteiger partial charge in [0.15, 0.2) is 0 Å². The third kappa shape index (κ3) is 3.84. The third-order valence-corrected chi connectivity index (χ3v) is 4.52. The fourth-order valence-electron chi connectivity index (χ4n) is 3.17. The van der Waals surface area contributed by atoms with E-state index in [9.17, 15) is 4.79 Å². The first-order valence-corrected chi connectivity index (χ1v) is 7.92. The molecule has 1 aromatic rings. The van der Waals surface area contributed by atoms with Crippen LogP contribution in [0.4, 0.5) is 0 Å². The highest BCUT2D eigenvalue weighted by molar-refractivity contribution is 5.72. The lowest BCUT2D eigenvalue weighted by atomic mass is 9.85. The second-order valence-corrected chi connectivity index (χ2v) is 5.97. The Labute approximate surface area is 127 Å². The van der Waals surface area contributed by atoms with E-state index in [4.69, 9.17) is 4.74 Å². The van der Waals surface area contributed by atoms with Crippen LogP contribution in [-0.4, -0.2) is 28.4 Å². The van der Waals surface area contributed by atoms with Gasteiger partial charge in [0.05, 0.1) is 18.2 Å². The summed E-state index contributed by atoms with van der Waals surface area (Å²) in [7, 11) is 1.98. The predicted octanol–water partition coefficient (Wildman–Crippen LogP) is 2.25. The number of esters is 1. The molecule has 21 heavy (non-hydrogen) atoms. The molecule has 1 heterocycles. The minimum absolute atomic E-state index is 0.0299. The van der Waals surface area contributed by atoms with Gasteiger partial charge in [-0.25, -0.2) is 0 Å². The molecule has 1 fully saturated rings. The Bertz CT molecular complexity index is 496. The summed E-state index contributed by atoms with van der Waals surface area (Å²) in [4.78, 5) is 11.9. The van der Waals surface area contributed by atoms with E-state index in [1.165, 1.54) is 11.3 Å². The van der Waals surface area contributed by atoms with Crippen molar-refractivity contribution in [2.75, 3.05) is 6.61 Å². The van der Waals surface area contributed by atoms with Gasteiger partial charge in [-0.15, -0.1) is 0 Å². The lowest BCUT2D eigenvalue weighted by molar-refractivity contribution is -0.149. The van der Waals surface area contributed by atoms with Crippen LogP contribution < -0.4 is 5.32 Å². The summed E-state index contributed by atoms with van der Waals surface area (Å²) >= 11 is 0. The molecule has 0 spiro atoms. The van der Waals surface area contributed by atoms with Gasteiger partial charge in [-0.1, -0.05) is 6.42 Å². The number of rotatable bonds is 5. The quantitative estimate of drug-likeness (QED) is 0.846. The van der Waals surface area contributed by atoms with Crippen LogP contribution in [0.25, 0.3) is 0 Å². The first-order valence-electron chi connectivity index (χ1n) is 7.92. The molecule has 5 heteroatoms. The van der Waals surface area contributed by atoms with E-state index in [1.807, 2.05) is 25.6 Å². The zero-order valence-corrected chi connectivity index (χ0v) is 13.6. The van der Waals surface area contributed by atoms with E-state index >= 15 is 0 Å². The standard InChI is InChI=1S/C16H27N3O2/c1-5-21-16(20)13-7-6-8-14(9-13)17-10-15-11(2)18-19(4)12(15)3/h13-14,17H,5-10H2,1-4H3. The summed E-state index contributed by atoms with van der Waals surface area (Å²) in [5.74, 6) is 0.0324. The van der Waals surface area contributed by atoms with Gasteiger partial charge in [0.1, 0.15) is 0 Å². The Hall–Kier alpha value is -1.36. The van der Waals surface area contributed by atoms with Gasteiger partial charge in [0, 0.05) is 30.9 Å². The summed E-state index contributed by atoms with van der Waals surface area (Å²) in [5.41, 5.74) is 3.56. The lowest BCUT2D eigenvalue weighted by Crippen LogP contribution is -2.36. The Morgan fingerprint density at radius 2 is 2.19 bits per heavy atom. The highest BCUT2D eigenvalue weighted by Crippen LogP contribution is 2.26. The van der Waals surface area contributed by atoms with Crippen LogP contribution in [0, 0.1) is 19.8 Å². The minimum Gasteiger partial charge on any atom is -0.466 e. The summed E-state index contributed by atoms with van der Waals surface area (Å²) in [6.07, 6.45) is 4.07. The number of carbonyl (C=O) groups is 1. The maximum Gasteiger partial charge on any atom is 0.308 e. The maximum absolute atomic E-state index is 11.9. The first kappa shape index (κ1) is 16.0. The SMILES string of the molecule is CCOC(=O)C1CCCC(NCc2c(C)nn(C)c2C)C1. The van der Waals surface area contributed by atoms with Gasteiger partial charge >= 0.3 is 5.97 Å². The van der Waals surface area contributed by atoms with E-state index in [0.29, 0.717) is 12.6 Å². The number of nitrogens with zero attached hydrogens (tertiary/aromatic N) is 2. The van der Waals surface area contributed by atoms with Gasteiger partial charge in [-0.3, -0.25) is 9.48 Å². The van der Waals surface area contributed by atoms with Crippen molar-refractivity contribution in [2.24, 2.45) is 13.0 Å². The van der Waals surface area contributed by atoms with Gasteiger partial charge in [-0.2, -0.15) is 5.10 Å². The van der Waals surface area contributed by atoms with Crippen molar-refractivity contribution in [3.05, 3.63) is 17.0 Å². The molecule has 1 aliphatic carbocycles. The summed E-state index contributed by atoms with van der Waals surface area (Å²) < 4.78 is 7.08. The number of aryl methyl sites for hydroxylation is 2. The van der Waals surface area contributed by atoms with E-state index in [1.54, 1.807) is 0 Å². The fourth-order valence-corrected chi connectivity index (χ4v) is 3.17. The fraction of sp³-hybridized carbons (Fsp3) is 0.750. The molecule has 0 saturated heterocycles. The summed E-state index contributed by atoms with van der Waals surface area (Å²) in [6, 6.07) is 0.396. The summed E-state index contributed by atoms with van der Waals surface area (Å²) in [5, 5.41) is 8.04. The number of aromatic nitrogens is 2. The Morgan fingerprint density at radius 3 is 2.81 bits per heavy atom. The molecule has 0 amide bonds. The first-order chi connectivity index (χ1) is 10.0. The second-order valence-electron chi connectivity index (χ2n) is 5.97. The normalized spacial score (nSPS) is 22.3. The van der Waals surface area contributed by atoms with E-state index in [-0.39, 0.29) is 11.9 Å². The molecular weight excluding hydrogens is 266 g/mol. The van der Waals surface area contributed by atoms with Crippen LogP contribution in [0.15, 0.2) is 0 Å². The zero-order chi connectivity index (χ0) is 15.4. The lowest BCUT2D eigenvalue weighted by Gasteiger charge is -2.28. The molecule has 0 aromatic carbocycles. The maximum atomic E-state index is 11.9. The number of carbonyl (C=O) groups excluding carboxylic acids is 1. The number of hydrogen-bond donors (Lipinski definition) is 1. The third-order valence-electron chi connectivity index (χ3n) is 4.52. The Balaban J connectivity index is 1.89. The van der Waals surface area contributed by atoms with Crippen molar-refractivity contribution in [3.8, 4) is 0 Å². The van der Waals surface area contributed by atoms with E-state index in [2.05, 4.69) is 17.3 Å². The molecular formula is C16H27N3O2. The van der Waals surface area contributed by atoms with E-state index in [0.717, 1.165) is 37.9 Å². The van der Waals surface area contributed by atoms with Crippen molar-refractivity contribution in [3.63, 3.8) is 0 Å². The molecule has 1 aliphatic rings. The van der Waals surface area contributed by atoms with Gasteiger partial charge in [0.2, 0.25) is 0 Å². The number of nitrogens with one attached hydrogen (secondary N) is 1. The molecule has 2 unspecified atom stereocenters. The molecule has 1 N–H and O–H groups in total. The Kier molecular flexibility index (Phi) is 5.39. The van der Waals surface area contributed by atoms with Crippen LogP contribution in [0.5, 0.6) is 0 Å². The number of hydrogen-bond acceptors (Lipinski definition) is 4. The van der Waals surface area contributed by atoms with Crippen molar-refractivity contribution in [2.45, 2.75) is 59.0 Å². The molecule has 0 radical (unpaired) electrons.